The van der Waals surface area contributed by atoms with Crippen molar-refractivity contribution < 1.29 is 13.5 Å². The van der Waals surface area contributed by atoms with Crippen LogP contribution in [-0.4, -0.2) is 20.1 Å². The molecule has 20 heavy (non-hydrogen) atoms. The molecule has 0 spiro atoms. The van der Waals surface area contributed by atoms with Gasteiger partial charge < -0.3 is 5.11 Å². The molecule has 1 aromatic carbocycles. The lowest BCUT2D eigenvalue weighted by molar-refractivity contribution is 0.263. The second-order valence-electron chi connectivity index (χ2n) is 6.03. The number of benzene rings is 1. The van der Waals surface area contributed by atoms with Crippen molar-refractivity contribution in [1.82, 2.24) is 4.72 Å². The van der Waals surface area contributed by atoms with E-state index in [9.17, 15) is 8.42 Å². The van der Waals surface area contributed by atoms with Crippen molar-refractivity contribution in [1.29, 1.82) is 0 Å². The van der Waals surface area contributed by atoms with E-state index in [1.165, 1.54) is 18.2 Å². The normalized spacial score (nSPS) is 14.3. The number of halogens is 1. The quantitative estimate of drug-likeness (QED) is 0.877. The number of nitrogens with one attached hydrogen (secondary N) is 1. The maximum Gasteiger partial charge on any atom is 0.240 e. The molecular weight excluding hydrogens is 298 g/mol. The molecular formula is C14H22ClNO3S. The first-order valence-corrected chi connectivity index (χ1v) is 8.33. The molecule has 0 aliphatic rings. The van der Waals surface area contributed by atoms with Gasteiger partial charge >= 0.3 is 0 Å². The van der Waals surface area contributed by atoms with Gasteiger partial charge in [-0.25, -0.2) is 13.1 Å². The Labute approximate surface area is 126 Å². The van der Waals surface area contributed by atoms with E-state index in [4.69, 9.17) is 16.7 Å². The number of hydrogen-bond donors (Lipinski definition) is 2. The van der Waals surface area contributed by atoms with Crippen molar-refractivity contribution in [2.75, 3.05) is 6.54 Å². The summed E-state index contributed by atoms with van der Waals surface area (Å²) < 4.78 is 27.0. The van der Waals surface area contributed by atoms with Gasteiger partial charge in [0, 0.05) is 11.6 Å². The lowest BCUT2D eigenvalue weighted by Crippen LogP contribution is -2.33. The highest BCUT2D eigenvalue weighted by atomic mass is 35.5. The summed E-state index contributed by atoms with van der Waals surface area (Å²) in [4.78, 5) is 0.118. The molecule has 1 atom stereocenters. The van der Waals surface area contributed by atoms with Crippen molar-refractivity contribution in [3.8, 4) is 0 Å². The SMILES string of the molecule is CC(CNS(=O)(=O)c1ccc(Cl)c(CO)c1)C(C)(C)C. The van der Waals surface area contributed by atoms with Gasteiger partial charge in [0.05, 0.1) is 11.5 Å². The fourth-order valence-electron chi connectivity index (χ4n) is 1.46. The predicted molar refractivity (Wildman–Crippen MR) is 81.2 cm³/mol. The van der Waals surface area contributed by atoms with Gasteiger partial charge in [-0.2, -0.15) is 0 Å². The van der Waals surface area contributed by atoms with Gasteiger partial charge in [-0.3, -0.25) is 0 Å². The number of sulfonamides is 1. The number of aliphatic hydroxyl groups excluding tert-OH is 1. The first kappa shape index (κ1) is 17.4. The molecule has 0 saturated heterocycles. The fourth-order valence-corrected chi connectivity index (χ4v) is 2.82. The largest absolute Gasteiger partial charge is 0.392 e. The Morgan fingerprint density at radius 2 is 1.95 bits per heavy atom. The Bertz CT molecular complexity index is 564. The predicted octanol–water partition coefficient (Wildman–Crippen LogP) is 2.79. The topological polar surface area (TPSA) is 66.4 Å². The van der Waals surface area contributed by atoms with E-state index in [2.05, 4.69) is 25.5 Å². The van der Waals surface area contributed by atoms with Crippen molar-refractivity contribution >= 4 is 21.6 Å². The molecule has 6 heteroatoms. The van der Waals surface area contributed by atoms with E-state index in [1.54, 1.807) is 0 Å². The third-order valence-electron chi connectivity index (χ3n) is 3.56. The molecule has 0 fully saturated rings. The molecule has 0 amide bonds. The van der Waals surface area contributed by atoms with Gasteiger partial charge in [0.15, 0.2) is 0 Å². The van der Waals surface area contributed by atoms with Gasteiger partial charge in [-0.15, -0.1) is 0 Å². The van der Waals surface area contributed by atoms with E-state index in [0.717, 1.165) is 0 Å². The molecule has 0 aromatic heterocycles. The van der Waals surface area contributed by atoms with Crippen LogP contribution in [0.2, 0.25) is 5.02 Å². The average molecular weight is 320 g/mol. The van der Waals surface area contributed by atoms with Crippen molar-refractivity contribution in [3.63, 3.8) is 0 Å². The van der Waals surface area contributed by atoms with E-state index < -0.39 is 10.0 Å². The second-order valence-corrected chi connectivity index (χ2v) is 8.20. The number of hydrogen-bond acceptors (Lipinski definition) is 3. The van der Waals surface area contributed by atoms with Crippen LogP contribution in [0.15, 0.2) is 23.1 Å². The van der Waals surface area contributed by atoms with Gasteiger partial charge in [0.1, 0.15) is 0 Å². The van der Waals surface area contributed by atoms with Crippen molar-refractivity contribution in [2.45, 2.75) is 39.2 Å². The summed E-state index contributed by atoms with van der Waals surface area (Å²) in [5.41, 5.74) is 0.428. The van der Waals surface area contributed by atoms with Crippen LogP contribution in [0.3, 0.4) is 0 Å². The number of rotatable bonds is 5. The Morgan fingerprint density at radius 1 is 1.35 bits per heavy atom. The van der Waals surface area contributed by atoms with Crippen molar-refractivity contribution in [3.05, 3.63) is 28.8 Å². The van der Waals surface area contributed by atoms with E-state index >= 15 is 0 Å². The molecule has 0 saturated carbocycles. The lowest BCUT2D eigenvalue weighted by atomic mass is 9.82. The highest BCUT2D eigenvalue weighted by Crippen LogP contribution is 2.25. The first-order chi connectivity index (χ1) is 9.08. The van der Waals surface area contributed by atoms with E-state index in [-0.39, 0.29) is 22.8 Å². The van der Waals surface area contributed by atoms with Crippen LogP contribution in [0.1, 0.15) is 33.3 Å². The van der Waals surface area contributed by atoms with Crippen LogP contribution in [0.4, 0.5) is 0 Å². The molecule has 0 aliphatic carbocycles. The minimum absolute atomic E-state index is 0.0266. The Kier molecular flexibility index (Phi) is 5.61. The van der Waals surface area contributed by atoms with Crippen LogP contribution in [-0.2, 0) is 16.6 Å². The highest BCUT2D eigenvalue weighted by Gasteiger charge is 2.23. The molecule has 1 aromatic rings. The maximum atomic E-state index is 12.2. The van der Waals surface area contributed by atoms with Gasteiger partial charge in [-0.05, 0) is 35.1 Å². The monoisotopic (exact) mass is 319 g/mol. The average Bonchev–Trinajstić information content (AvgIpc) is 2.35. The third kappa shape index (κ3) is 4.45. The molecule has 114 valence electrons. The van der Waals surface area contributed by atoms with Crippen LogP contribution < -0.4 is 4.72 Å². The summed E-state index contributed by atoms with van der Waals surface area (Å²) in [5.74, 6) is 0.196. The number of aliphatic hydroxyl groups is 1. The van der Waals surface area contributed by atoms with Crippen LogP contribution in [0, 0.1) is 11.3 Å². The maximum absolute atomic E-state index is 12.2. The van der Waals surface area contributed by atoms with E-state index in [0.29, 0.717) is 17.1 Å². The third-order valence-corrected chi connectivity index (χ3v) is 5.35. The lowest BCUT2D eigenvalue weighted by Gasteiger charge is -2.27. The van der Waals surface area contributed by atoms with Crippen LogP contribution >= 0.6 is 11.6 Å². The molecule has 0 heterocycles. The Hall–Kier alpha value is -0.620. The van der Waals surface area contributed by atoms with E-state index in [1.807, 2.05) is 6.92 Å². The summed E-state index contributed by atoms with van der Waals surface area (Å²) in [7, 11) is -3.58. The zero-order valence-electron chi connectivity index (χ0n) is 12.3. The summed E-state index contributed by atoms with van der Waals surface area (Å²) in [6.07, 6.45) is 0. The Balaban J connectivity index is 2.90. The molecule has 2 N–H and O–H groups in total. The minimum Gasteiger partial charge on any atom is -0.392 e. The Morgan fingerprint density at radius 3 is 2.45 bits per heavy atom. The summed E-state index contributed by atoms with van der Waals surface area (Å²) in [6, 6.07) is 4.31. The fraction of sp³-hybridized carbons (Fsp3) is 0.571. The van der Waals surface area contributed by atoms with Gasteiger partial charge in [0.2, 0.25) is 10.0 Å². The smallest absolute Gasteiger partial charge is 0.240 e. The van der Waals surface area contributed by atoms with Crippen LogP contribution in [0.5, 0.6) is 0 Å². The molecule has 0 bridgehead atoms. The van der Waals surface area contributed by atoms with Gasteiger partial charge in [-0.1, -0.05) is 39.3 Å². The molecule has 1 rings (SSSR count). The van der Waals surface area contributed by atoms with Gasteiger partial charge in [0.25, 0.3) is 0 Å². The highest BCUT2D eigenvalue weighted by molar-refractivity contribution is 7.89. The summed E-state index contributed by atoms with van der Waals surface area (Å²) in [6.45, 7) is 8.28. The van der Waals surface area contributed by atoms with Crippen molar-refractivity contribution in [2.24, 2.45) is 11.3 Å². The molecule has 4 nitrogen and oxygen atoms in total. The zero-order chi connectivity index (χ0) is 15.6. The standard InChI is InChI=1S/C14H22ClNO3S/c1-10(14(2,3)4)8-16-20(18,19)12-5-6-13(15)11(7-12)9-17/h5-7,10,16-17H,8-9H2,1-4H3. The second kappa shape index (κ2) is 6.43. The molecule has 1 unspecified atom stereocenters. The van der Waals surface area contributed by atoms with Crippen LogP contribution in [0.25, 0.3) is 0 Å². The molecule has 0 aliphatic heterocycles. The first-order valence-electron chi connectivity index (χ1n) is 6.47. The minimum atomic E-state index is -3.58. The zero-order valence-corrected chi connectivity index (χ0v) is 13.8. The summed E-state index contributed by atoms with van der Waals surface area (Å²) >= 11 is 5.86. The summed E-state index contributed by atoms with van der Waals surface area (Å²) in [5, 5.41) is 9.49. The molecule has 0 radical (unpaired) electrons.